The lowest BCUT2D eigenvalue weighted by atomic mass is 10.1. The first-order valence-corrected chi connectivity index (χ1v) is 8.43. The minimum atomic E-state index is -4.51. The minimum absolute atomic E-state index is 0.101. The van der Waals surface area contributed by atoms with Crippen molar-refractivity contribution in [2.24, 2.45) is 5.92 Å². The summed E-state index contributed by atoms with van der Waals surface area (Å²) in [4.78, 5) is 26.0. The maximum absolute atomic E-state index is 12.6. The second kappa shape index (κ2) is 7.41. The summed E-state index contributed by atoms with van der Waals surface area (Å²) in [6.45, 7) is 0.134. The fourth-order valence-electron chi connectivity index (χ4n) is 2.98. The van der Waals surface area contributed by atoms with Gasteiger partial charge in [-0.2, -0.15) is 26.3 Å². The number of anilines is 2. The van der Waals surface area contributed by atoms with Gasteiger partial charge in [-0.05, 0) is 55.0 Å². The Hall–Kier alpha value is -3.04. The third kappa shape index (κ3) is 4.52. The van der Waals surface area contributed by atoms with E-state index in [0.717, 1.165) is 48.5 Å². The normalized spacial score (nSPS) is 17.5. The molecule has 10 heteroatoms. The minimum Gasteiger partial charge on any atom is -0.325 e. The lowest BCUT2D eigenvalue weighted by Crippen LogP contribution is -2.33. The van der Waals surface area contributed by atoms with E-state index in [0.29, 0.717) is 0 Å². The lowest BCUT2D eigenvalue weighted by molar-refractivity contribution is -0.138. The number of hydrogen-bond acceptors (Lipinski definition) is 2. The molecule has 1 N–H and O–H groups in total. The molecule has 1 aliphatic heterocycles. The van der Waals surface area contributed by atoms with E-state index in [1.807, 2.05) is 0 Å². The molecule has 0 aliphatic carbocycles. The van der Waals surface area contributed by atoms with Crippen LogP contribution in [0.15, 0.2) is 48.5 Å². The van der Waals surface area contributed by atoms with Crippen LogP contribution in [0.3, 0.4) is 0 Å². The van der Waals surface area contributed by atoms with Gasteiger partial charge in [-0.3, -0.25) is 9.59 Å². The third-order valence-electron chi connectivity index (χ3n) is 4.51. The molecule has 2 aromatic rings. The van der Waals surface area contributed by atoms with Crippen LogP contribution < -0.4 is 10.2 Å². The van der Waals surface area contributed by atoms with E-state index in [4.69, 9.17) is 0 Å². The number of rotatable bonds is 3. The summed E-state index contributed by atoms with van der Waals surface area (Å²) in [6.07, 6.45) is -8.88. The molecule has 2 amide bonds. The van der Waals surface area contributed by atoms with Gasteiger partial charge in [-0.1, -0.05) is 0 Å². The van der Waals surface area contributed by atoms with Crippen LogP contribution in [-0.2, 0) is 21.9 Å². The summed E-state index contributed by atoms with van der Waals surface area (Å²) in [5.41, 5.74) is -1.40. The van der Waals surface area contributed by atoms with Crippen molar-refractivity contribution in [2.45, 2.75) is 18.8 Å². The van der Waals surface area contributed by atoms with E-state index in [9.17, 15) is 35.9 Å². The smallest absolute Gasteiger partial charge is 0.325 e. The van der Waals surface area contributed by atoms with Crippen LogP contribution in [0.25, 0.3) is 0 Å². The second-order valence-corrected chi connectivity index (χ2v) is 6.44. The molecule has 4 nitrogen and oxygen atoms in total. The molecule has 154 valence electrons. The summed E-state index contributed by atoms with van der Waals surface area (Å²) in [5, 5.41) is 2.39. The highest BCUT2D eigenvalue weighted by Crippen LogP contribution is 2.33. The van der Waals surface area contributed by atoms with E-state index < -0.39 is 41.2 Å². The van der Waals surface area contributed by atoms with E-state index >= 15 is 0 Å². The predicted octanol–water partition coefficient (Wildman–Crippen LogP) is 4.72. The van der Waals surface area contributed by atoms with Gasteiger partial charge in [0.25, 0.3) is 0 Å². The van der Waals surface area contributed by atoms with Crippen molar-refractivity contribution in [3.05, 3.63) is 59.7 Å². The molecule has 0 spiro atoms. The maximum atomic E-state index is 12.6. The van der Waals surface area contributed by atoms with Gasteiger partial charge in [0, 0.05) is 17.9 Å². The van der Waals surface area contributed by atoms with Crippen LogP contribution in [0, 0.1) is 5.92 Å². The first-order chi connectivity index (χ1) is 13.5. The van der Waals surface area contributed by atoms with Gasteiger partial charge in [0.1, 0.15) is 5.92 Å². The second-order valence-electron chi connectivity index (χ2n) is 6.44. The largest absolute Gasteiger partial charge is 0.416 e. The Balaban J connectivity index is 1.67. The Morgan fingerprint density at radius 3 is 1.83 bits per heavy atom. The van der Waals surface area contributed by atoms with Crippen molar-refractivity contribution >= 4 is 23.2 Å². The van der Waals surface area contributed by atoms with Gasteiger partial charge >= 0.3 is 12.4 Å². The lowest BCUT2D eigenvalue weighted by Gasteiger charge is -2.18. The summed E-state index contributed by atoms with van der Waals surface area (Å²) < 4.78 is 75.6. The van der Waals surface area contributed by atoms with Gasteiger partial charge in [-0.25, -0.2) is 0 Å². The zero-order valence-electron chi connectivity index (χ0n) is 14.6. The van der Waals surface area contributed by atoms with Crippen LogP contribution in [0.4, 0.5) is 37.7 Å². The molecule has 0 unspecified atom stereocenters. The number of nitrogens with one attached hydrogen (secondary N) is 1. The first-order valence-electron chi connectivity index (χ1n) is 8.43. The number of carbonyl (C=O) groups is 2. The van der Waals surface area contributed by atoms with Crippen molar-refractivity contribution in [2.75, 3.05) is 16.8 Å². The molecule has 29 heavy (non-hydrogen) atoms. The van der Waals surface area contributed by atoms with Gasteiger partial charge in [0.2, 0.25) is 11.8 Å². The van der Waals surface area contributed by atoms with Crippen molar-refractivity contribution < 1.29 is 35.9 Å². The molecule has 0 aromatic heterocycles. The number of nitrogens with zero attached hydrogens (tertiary/aromatic N) is 1. The first kappa shape index (κ1) is 20.7. The van der Waals surface area contributed by atoms with Crippen LogP contribution in [-0.4, -0.2) is 18.4 Å². The van der Waals surface area contributed by atoms with E-state index in [2.05, 4.69) is 5.32 Å². The summed E-state index contributed by atoms with van der Waals surface area (Å²) >= 11 is 0. The van der Waals surface area contributed by atoms with Crippen LogP contribution in [0.1, 0.15) is 17.5 Å². The standard InChI is InChI=1S/C19H14F6N2O2/c20-18(21,22)11-1-5-13(6-2-11)26-16(28)15-9-10-27(17(15)29)14-7-3-12(4-8-14)19(23,24)25/h1-8,15H,9-10H2,(H,26,28)/t15-/m1/s1. The molecule has 0 bridgehead atoms. The van der Waals surface area contributed by atoms with Gasteiger partial charge in [0.15, 0.2) is 0 Å². The summed E-state index contributed by atoms with van der Waals surface area (Å²) in [5.74, 6) is -2.36. The van der Waals surface area contributed by atoms with E-state index in [1.165, 1.54) is 4.90 Å². The highest BCUT2D eigenvalue weighted by Gasteiger charge is 2.38. The number of benzene rings is 2. The Labute approximate surface area is 161 Å². The van der Waals surface area contributed by atoms with Gasteiger partial charge in [0.05, 0.1) is 11.1 Å². The fourth-order valence-corrected chi connectivity index (χ4v) is 2.98. The number of carbonyl (C=O) groups excluding carboxylic acids is 2. The van der Waals surface area contributed by atoms with Crippen LogP contribution in [0.5, 0.6) is 0 Å². The predicted molar refractivity (Wildman–Crippen MR) is 92.0 cm³/mol. The average Bonchev–Trinajstić information content (AvgIpc) is 3.02. The molecule has 3 rings (SSSR count). The number of amides is 2. The summed E-state index contributed by atoms with van der Waals surface area (Å²) in [7, 11) is 0. The fraction of sp³-hybridized carbons (Fsp3) is 0.263. The molecule has 1 fully saturated rings. The molecule has 1 heterocycles. The number of halogens is 6. The SMILES string of the molecule is O=C(Nc1ccc(C(F)(F)F)cc1)[C@H]1CCN(c2ccc(C(F)(F)F)cc2)C1=O. The Morgan fingerprint density at radius 1 is 0.862 bits per heavy atom. The zero-order valence-corrected chi connectivity index (χ0v) is 14.6. The Bertz CT molecular complexity index is 904. The zero-order chi connectivity index (χ0) is 21.4. The highest BCUT2D eigenvalue weighted by molar-refractivity contribution is 6.13. The average molecular weight is 416 g/mol. The number of alkyl halides is 6. The molecule has 2 aromatic carbocycles. The van der Waals surface area contributed by atoms with Crippen molar-refractivity contribution in [1.82, 2.24) is 0 Å². The monoisotopic (exact) mass is 416 g/mol. The van der Waals surface area contributed by atoms with Gasteiger partial charge < -0.3 is 10.2 Å². The van der Waals surface area contributed by atoms with Crippen molar-refractivity contribution in [3.63, 3.8) is 0 Å². The van der Waals surface area contributed by atoms with Crippen LogP contribution in [0.2, 0.25) is 0 Å². The van der Waals surface area contributed by atoms with Crippen LogP contribution >= 0.6 is 0 Å². The quantitative estimate of drug-likeness (QED) is 0.582. The van der Waals surface area contributed by atoms with Gasteiger partial charge in [-0.15, -0.1) is 0 Å². The Morgan fingerprint density at radius 2 is 1.34 bits per heavy atom. The number of hydrogen-bond donors (Lipinski definition) is 1. The Kier molecular flexibility index (Phi) is 5.29. The summed E-state index contributed by atoms with van der Waals surface area (Å²) in [6, 6.07) is 7.76. The van der Waals surface area contributed by atoms with E-state index in [1.54, 1.807) is 0 Å². The highest BCUT2D eigenvalue weighted by atomic mass is 19.4. The molecule has 1 aliphatic rings. The van der Waals surface area contributed by atoms with Crippen molar-refractivity contribution in [1.29, 1.82) is 0 Å². The molecule has 1 atom stereocenters. The van der Waals surface area contributed by atoms with E-state index in [-0.39, 0.29) is 24.3 Å². The van der Waals surface area contributed by atoms with Crippen molar-refractivity contribution in [3.8, 4) is 0 Å². The maximum Gasteiger partial charge on any atom is 0.416 e. The molecule has 0 radical (unpaired) electrons. The molecular formula is C19H14F6N2O2. The molecule has 1 saturated heterocycles. The molecule has 0 saturated carbocycles. The molecular weight excluding hydrogens is 402 g/mol. The third-order valence-corrected chi connectivity index (χ3v) is 4.51. The topological polar surface area (TPSA) is 49.4 Å².